The van der Waals surface area contributed by atoms with E-state index in [0.29, 0.717) is 0 Å². The van der Waals surface area contributed by atoms with Crippen molar-refractivity contribution in [2.24, 2.45) is 4.99 Å². The van der Waals surface area contributed by atoms with Gasteiger partial charge in [-0.1, -0.05) is 25.7 Å². The maximum absolute atomic E-state index is 4.39. The van der Waals surface area contributed by atoms with Gasteiger partial charge in [0.25, 0.3) is 0 Å². The Morgan fingerprint density at radius 1 is 1.56 bits per heavy atom. The minimum absolute atomic E-state index is 0.813. The van der Waals surface area contributed by atoms with Crippen molar-refractivity contribution >= 4 is 12.0 Å². The molecule has 0 aliphatic rings. The third kappa shape index (κ3) is 3.35. The van der Waals surface area contributed by atoms with E-state index in [0.717, 1.165) is 17.8 Å². The van der Waals surface area contributed by atoms with Crippen molar-refractivity contribution in [1.82, 2.24) is 9.78 Å². The molecule has 3 nitrogen and oxygen atoms in total. The SMILES string of the molecule is C=C\C=C(/C=N\C(=C\C)n1cccn1)CC. The van der Waals surface area contributed by atoms with Gasteiger partial charge in [0, 0.05) is 18.6 Å². The first kappa shape index (κ1) is 12.2. The lowest BCUT2D eigenvalue weighted by molar-refractivity contribution is 0.886. The van der Waals surface area contributed by atoms with Crippen LogP contribution in [0.5, 0.6) is 0 Å². The zero-order valence-electron chi connectivity index (χ0n) is 9.80. The van der Waals surface area contributed by atoms with Crippen molar-refractivity contribution in [2.75, 3.05) is 0 Å². The van der Waals surface area contributed by atoms with Gasteiger partial charge in [0.1, 0.15) is 5.82 Å². The van der Waals surface area contributed by atoms with E-state index >= 15 is 0 Å². The van der Waals surface area contributed by atoms with Gasteiger partial charge < -0.3 is 0 Å². The Kier molecular flexibility index (Phi) is 4.99. The first-order valence-electron chi connectivity index (χ1n) is 5.33. The molecule has 84 valence electrons. The van der Waals surface area contributed by atoms with Gasteiger partial charge >= 0.3 is 0 Å². The Morgan fingerprint density at radius 3 is 2.88 bits per heavy atom. The number of aliphatic imine (C=N–C) groups is 1. The molecule has 0 aliphatic heterocycles. The van der Waals surface area contributed by atoms with Crippen molar-refractivity contribution in [1.29, 1.82) is 0 Å². The fraction of sp³-hybridized carbons (Fsp3) is 0.231. The van der Waals surface area contributed by atoms with Gasteiger partial charge in [-0.3, -0.25) is 0 Å². The van der Waals surface area contributed by atoms with Gasteiger partial charge in [0.05, 0.1) is 0 Å². The zero-order valence-corrected chi connectivity index (χ0v) is 9.80. The second-order valence-corrected chi connectivity index (χ2v) is 3.19. The van der Waals surface area contributed by atoms with E-state index in [1.54, 1.807) is 17.0 Å². The Labute approximate surface area is 96.5 Å². The normalized spacial score (nSPS) is 13.4. The number of aromatic nitrogens is 2. The summed E-state index contributed by atoms with van der Waals surface area (Å²) < 4.78 is 1.73. The lowest BCUT2D eigenvalue weighted by Crippen LogP contribution is -1.95. The molecule has 3 heteroatoms. The lowest BCUT2D eigenvalue weighted by atomic mass is 10.2. The van der Waals surface area contributed by atoms with Crippen LogP contribution in [0.3, 0.4) is 0 Å². The summed E-state index contributed by atoms with van der Waals surface area (Å²) in [5, 5.41) is 4.13. The van der Waals surface area contributed by atoms with Crippen molar-refractivity contribution < 1.29 is 0 Å². The topological polar surface area (TPSA) is 30.2 Å². The average Bonchev–Trinajstić information content (AvgIpc) is 2.82. The van der Waals surface area contributed by atoms with Crippen molar-refractivity contribution in [2.45, 2.75) is 20.3 Å². The van der Waals surface area contributed by atoms with Crippen LogP contribution >= 0.6 is 0 Å². The number of nitrogens with zero attached hydrogens (tertiary/aromatic N) is 3. The molecular weight excluding hydrogens is 198 g/mol. The lowest BCUT2D eigenvalue weighted by Gasteiger charge is -2.00. The summed E-state index contributed by atoms with van der Waals surface area (Å²) in [6.07, 6.45) is 12.0. The van der Waals surface area contributed by atoms with E-state index in [-0.39, 0.29) is 0 Å². The van der Waals surface area contributed by atoms with Gasteiger partial charge in [-0.25, -0.2) is 9.67 Å². The van der Waals surface area contributed by atoms with Gasteiger partial charge in [-0.2, -0.15) is 5.10 Å². The summed E-state index contributed by atoms with van der Waals surface area (Å²) in [5.74, 6) is 0.813. The van der Waals surface area contributed by atoms with Crippen LogP contribution in [0.15, 0.2) is 53.8 Å². The summed E-state index contributed by atoms with van der Waals surface area (Å²) in [4.78, 5) is 4.39. The van der Waals surface area contributed by atoms with Crippen LogP contribution in [0.25, 0.3) is 5.82 Å². The number of hydrogen-bond acceptors (Lipinski definition) is 2. The van der Waals surface area contributed by atoms with E-state index < -0.39 is 0 Å². The van der Waals surface area contributed by atoms with Crippen LogP contribution in [-0.2, 0) is 0 Å². The molecule has 0 aromatic carbocycles. The Hall–Kier alpha value is -1.90. The molecule has 16 heavy (non-hydrogen) atoms. The molecular formula is C13H17N3. The highest BCUT2D eigenvalue weighted by atomic mass is 15.3. The third-order valence-electron chi connectivity index (χ3n) is 2.10. The zero-order chi connectivity index (χ0) is 11.8. The van der Waals surface area contributed by atoms with Crippen molar-refractivity contribution in [3.05, 3.63) is 48.8 Å². The minimum atomic E-state index is 0.813. The molecule has 1 heterocycles. The molecule has 0 bridgehead atoms. The molecule has 0 radical (unpaired) electrons. The standard InChI is InChI=1S/C13H17N3/c1-4-8-12(5-2)11-14-13(6-3)16-10-7-9-15-16/h4,6-11H,1,5H2,2-3H3/b12-8-,13-6-,14-11-. The monoisotopic (exact) mass is 215 g/mol. The highest BCUT2D eigenvalue weighted by Gasteiger charge is 1.95. The van der Waals surface area contributed by atoms with Crippen LogP contribution in [0.4, 0.5) is 0 Å². The number of hydrogen-bond donors (Lipinski definition) is 0. The first-order chi connectivity index (χ1) is 7.81. The largest absolute Gasteiger partial charge is 0.237 e. The van der Waals surface area contributed by atoms with E-state index in [4.69, 9.17) is 0 Å². The highest BCUT2D eigenvalue weighted by Crippen LogP contribution is 2.05. The first-order valence-corrected chi connectivity index (χ1v) is 5.33. The molecule has 0 unspecified atom stereocenters. The summed E-state index contributed by atoms with van der Waals surface area (Å²) in [6, 6.07) is 1.87. The van der Waals surface area contributed by atoms with Gasteiger partial charge in [-0.15, -0.1) is 0 Å². The number of allylic oxidation sites excluding steroid dienone is 4. The molecule has 0 saturated carbocycles. The molecule has 0 N–H and O–H groups in total. The molecule has 0 atom stereocenters. The minimum Gasteiger partial charge on any atom is -0.237 e. The van der Waals surface area contributed by atoms with Crippen LogP contribution in [0.1, 0.15) is 20.3 Å². The van der Waals surface area contributed by atoms with E-state index in [2.05, 4.69) is 23.6 Å². The Bertz CT molecular complexity index is 408. The summed E-state index contributed by atoms with van der Waals surface area (Å²) >= 11 is 0. The average molecular weight is 215 g/mol. The Morgan fingerprint density at radius 2 is 2.38 bits per heavy atom. The highest BCUT2D eigenvalue weighted by molar-refractivity contribution is 5.82. The second kappa shape index (κ2) is 6.56. The summed E-state index contributed by atoms with van der Waals surface area (Å²) in [5.41, 5.74) is 1.14. The Balaban J connectivity index is 2.83. The maximum Gasteiger partial charge on any atom is 0.148 e. The van der Waals surface area contributed by atoms with E-state index in [1.807, 2.05) is 37.6 Å². The van der Waals surface area contributed by atoms with Crippen LogP contribution in [0, 0.1) is 0 Å². The van der Waals surface area contributed by atoms with Gasteiger partial charge in [0.2, 0.25) is 0 Å². The van der Waals surface area contributed by atoms with Crippen LogP contribution in [0.2, 0.25) is 0 Å². The molecule has 1 aromatic rings. The molecule has 0 spiro atoms. The van der Waals surface area contributed by atoms with Crippen molar-refractivity contribution in [3.63, 3.8) is 0 Å². The van der Waals surface area contributed by atoms with Gasteiger partial charge in [-0.05, 0) is 31.1 Å². The summed E-state index contributed by atoms with van der Waals surface area (Å²) in [6.45, 7) is 7.70. The molecule has 0 amide bonds. The smallest absolute Gasteiger partial charge is 0.148 e. The van der Waals surface area contributed by atoms with Crippen molar-refractivity contribution in [3.8, 4) is 0 Å². The van der Waals surface area contributed by atoms with Gasteiger partial charge in [0.15, 0.2) is 0 Å². The predicted octanol–water partition coefficient (Wildman–Crippen LogP) is 3.29. The van der Waals surface area contributed by atoms with E-state index in [9.17, 15) is 0 Å². The second-order valence-electron chi connectivity index (χ2n) is 3.19. The van der Waals surface area contributed by atoms with Crippen LogP contribution in [-0.4, -0.2) is 16.0 Å². The molecule has 1 rings (SSSR count). The number of rotatable bonds is 5. The fourth-order valence-electron chi connectivity index (χ4n) is 1.22. The van der Waals surface area contributed by atoms with E-state index in [1.165, 1.54) is 0 Å². The molecule has 0 fully saturated rings. The molecule has 1 aromatic heterocycles. The predicted molar refractivity (Wildman–Crippen MR) is 69.2 cm³/mol. The van der Waals surface area contributed by atoms with Crippen LogP contribution < -0.4 is 0 Å². The fourth-order valence-corrected chi connectivity index (χ4v) is 1.22. The molecule has 0 aliphatic carbocycles. The third-order valence-corrected chi connectivity index (χ3v) is 2.10. The quantitative estimate of drug-likeness (QED) is 0.547. The summed E-state index contributed by atoms with van der Waals surface area (Å²) in [7, 11) is 0. The maximum atomic E-state index is 4.39. The molecule has 0 saturated heterocycles.